The third-order valence-corrected chi connectivity index (χ3v) is 6.44. The molecule has 0 aromatic carbocycles. The minimum absolute atomic E-state index is 0.560. The normalized spacial score (nSPS) is 56.1. The van der Waals surface area contributed by atoms with Crippen LogP contribution in [0.15, 0.2) is 0 Å². The van der Waals surface area contributed by atoms with Crippen LogP contribution in [-0.4, -0.2) is 0 Å². The second-order valence-electron chi connectivity index (χ2n) is 9.20. The first-order chi connectivity index (χ1) is 7.68. The van der Waals surface area contributed by atoms with Crippen LogP contribution in [0.25, 0.3) is 0 Å². The molecule has 0 heteroatoms. The quantitative estimate of drug-likeness (QED) is 0.635. The SMILES string of the molecule is CC1CC(C)(CCC2C3C(C(C)(C)C)C23C)C1. The van der Waals surface area contributed by atoms with E-state index in [-0.39, 0.29) is 0 Å². The maximum absolute atomic E-state index is 2.56. The zero-order chi connectivity index (χ0) is 12.6. The highest BCUT2D eigenvalue weighted by Crippen LogP contribution is 2.88. The summed E-state index contributed by atoms with van der Waals surface area (Å²) in [6.45, 7) is 14.8. The Hall–Kier alpha value is 0. The Morgan fingerprint density at radius 3 is 2.06 bits per heavy atom. The van der Waals surface area contributed by atoms with E-state index in [4.69, 9.17) is 0 Å². The Kier molecular flexibility index (Phi) is 2.21. The molecule has 3 fully saturated rings. The van der Waals surface area contributed by atoms with E-state index in [1.165, 1.54) is 25.7 Å². The Balaban J connectivity index is 1.47. The van der Waals surface area contributed by atoms with Gasteiger partial charge in [-0.1, -0.05) is 41.5 Å². The summed E-state index contributed by atoms with van der Waals surface area (Å²) in [5.41, 5.74) is 2.05. The molecule has 4 atom stereocenters. The van der Waals surface area contributed by atoms with Crippen LogP contribution in [-0.2, 0) is 0 Å². The molecule has 0 bridgehead atoms. The predicted molar refractivity (Wildman–Crippen MR) is 73.8 cm³/mol. The molecule has 0 nitrogen and oxygen atoms in total. The fourth-order valence-electron chi connectivity index (χ4n) is 5.86. The minimum atomic E-state index is 0.560. The maximum Gasteiger partial charge on any atom is -0.0224 e. The molecule has 0 saturated heterocycles. The minimum Gasteiger partial charge on any atom is -0.0625 e. The molecule has 0 heterocycles. The van der Waals surface area contributed by atoms with Gasteiger partial charge in [0.15, 0.2) is 0 Å². The number of fused-ring (bicyclic) bond motifs is 1. The zero-order valence-corrected chi connectivity index (χ0v) is 12.6. The van der Waals surface area contributed by atoms with Gasteiger partial charge in [0.25, 0.3) is 0 Å². The van der Waals surface area contributed by atoms with E-state index in [9.17, 15) is 0 Å². The lowest BCUT2D eigenvalue weighted by Crippen LogP contribution is -2.33. The van der Waals surface area contributed by atoms with Crippen LogP contribution >= 0.6 is 0 Å². The van der Waals surface area contributed by atoms with Crippen LogP contribution in [0.1, 0.15) is 67.2 Å². The van der Waals surface area contributed by atoms with E-state index in [0.29, 0.717) is 5.41 Å². The van der Waals surface area contributed by atoms with Crippen LogP contribution in [0.5, 0.6) is 0 Å². The standard InChI is InChI=1S/C17H30/c1-11-9-16(5,10-11)8-7-12-13-14(15(2,3)4)17(12,13)6/h11-14H,7-10H2,1-6H3. The Morgan fingerprint density at radius 2 is 1.65 bits per heavy atom. The molecule has 3 rings (SSSR count). The van der Waals surface area contributed by atoms with Crippen LogP contribution < -0.4 is 0 Å². The molecule has 3 saturated carbocycles. The molecule has 3 aliphatic carbocycles. The van der Waals surface area contributed by atoms with Gasteiger partial charge in [-0.05, 0) is 65.6 Å². The topological polar surface area (TPSA) is 0 Å². The van der Waals surface area contributed by atoms with Crippen molar-refractivity contribution in [3.05, 3.63) is 0 Å². The molecular formula is C17H30. The first-order valence-corrected chi connectivity index (χ1v) is 7.68. The van der Waals surface area contributed by atoms with Gasteiger partial charge >= 0.3 is 0 Å². The first-order valence-electron chi connectivity index (χ1n) is 7.68. The van der Waals surface area contributed by atoms with Gasteiger partial charge in [-0.3, -0.25) is 0 Å². The summed E-state index contributed by atoms with van der Waals surface area (Å²) in [6, 6.07) is 0. The summed E-state index contributed by atoms with van der Waals surface area (Å²) in [7, 11) is 0. The number of hydrogen-bond acceptors (Lipinski definition) is 0. The van der Waals surface area contributed by atoms with Gasteiger partial charge < -0.3 is 0 Å². The smallest absolute Gasteiger partial charge is 0.0224 e. The summed E-state index contributed by atoms with van der Waals surface area (Å²) in [5.74, 6) is 4.24. The van der Waals surface area contributed by atoms with Crippen LogP contribution in [0.4, 0.5) is 0 Å². The van der Waals surface area contributed by atoms with Crippen molar-refractivity contribution >= 4 is 0 Å². The molecule has 0 aromatic rings. The molecule has 0 N–H and O–H groups in total. The molecule has 0 amide bonds. The van der Waals surface area contributed by atoms with E-state index < -0.39 is 0 Å². The van der Waals surface area contributed by atoms with Gasteiger partial charge in [0, 0.05) is 0 Å². The van der Waals surface area contributed by atoms with Crippen LogP contribution in [0.3, 0.4) is 0 Å². The van der Waals surface area contributed by atoms with E-state index in [0.717, 1.165) is 34.5 Å². The Labute approximate surface area is 108 Å². The van der Waals surface area contributed by atoms with Crippen LogP contribution in [0, 0.1) is 39.9 Å². The van der Waals surface area contributed by atoms with Crippen molar-refractivity contribution in [3.63, 3.8) is 0 Å². The van der Waals surface area contributed by atoms with E-state index in [1.807, 2.05) is 0 Å². The second kappa shape index (κ2) is 3.11. The molecule has 4 unspecified atom stereocenters. The van der Waals surface area contributed by atoms with Gasteiger partial charge in [0.2, 0.25) is 0 Å². The Morgan fingerprint density at radius 1 is 1.12 bits per heavy atom. The van der Waals surface area contributed by atoms with Crippen molar-refractivity contribution in [1.82, 2.24) is 0 Å². The first kappa shape index (κ1) is 12.1. The third-order valence-electron chi connectivity index (χ3n) is 6.44. The molecule has 0 aliphatic heterocycles. The second-order valence-corrected chi connectivity index (χ2v) is 9.20. The molecule has 0 spiro atoms. The lowest BCUT2D eigenvalue weighted by Gasteiger charge is -2.44. The summed E-state index contributed by atoms with van der Waals surface area (Å²) < 4.78 is 0. The maximum atomic E-state index is 2.56. The van der Waals surface area contributed by atoms with Crippen molar-refractivity contribution < 1.29 is 0 Å². The fourth-order valence-corrected chi connectivity index (χ4v) is 5.86. The fraction of sp³-hybridized carbons (Fsp3) is 1.00. The number of hydrogen-bond donors (Lipinski definition) is 0. The molecule has 0 aromatic heterocycles. The average molecular weight is 234 g/mol. The van der Waals surface area contributed by atoms with Crippen molar-refractivity contribution in [2.75, 3.05) is 0 Å². The summed E-state index contributed by atoms with van der Waals surface area (Å²) in [6.07, 6.45) is 6.01. The summed E-state index contributed by atoms with van der Waals surface area (Å²) in [4.78, 5) is 0. The molecule has 17 heavy (non-hydrogen) atoms. The largest absolute Gasteiger partial charge is 0.0625 e. The van der Waals surface area contributed by atoms with Gasteiger partial charge in [0.05, 0.1) is 0 Å². The van der Waals surface area contributed by atoms with Crippen molar-refractivity contribution in [1.29, 1.82) is 0 Å². The van der Waals surface area contributed by atoms with Crippen molar-refractivity contribution in [2.24, 2.45) is 39.9 Å². The highest BCUT2D eigenvalue weighted by atomic mass is 14.9. The van der Waals surface area contributed by atoms with Gasteiger partial charge in [0.1, 0.15) is 0 Å². The highest BCUT2D eigenvalue weighted by Gasteiger charge is 2.84. The van der Waals surface area contributed by atoms with E-state index in [1.54, 1.807) is 0 Å². The summed E-state index contributed by atoms with van der Waals surface area (Å²) >= 11 is 0. The molecule has 0 radical (unpaired) electrons. The lowest BCUT2D eigenvalue weighted by molar-refractivity contribution is 0.0662. The van der Waals surface area contributed by atoms with E-state index >= 15 is 0 Å². The van der Waals surface area contributed by atoms with Gasteiger partial charge in [-0.2, -0.15) is 0 Å². The zero-order valence-electron chi connectivity index (χ0n) is 12.6. The van der Waals surface area contributed by atoms with E-state index in [2.05, 4.69) is 41.5 Å². The number of rotatable bonds is 3. The van der Waals surface area contributed by atoms with Gasteiger partial charge in [-0.25, -0.2) is 0 Å². The summed E-state index contributed by atoms with van der Waals surface area (Å²) in [5, 5.41) is 0. The predicted octanol–water partition coefficient (Wildman–Crippen LogP) is 5.13. The van der Waals surface area contributed by atoms with Crippen molar-refractivity contribution in [2.45, 2.75) is 67.2 Å². The van der Waals surface area contributed by atoms with Gasteiger partial charge in [-0.15, -0.1) is 0 Å². The molecular weight excluding hydrogens is 204 g/mol. The third kappa shape index (κ3) is 1.62. The Bertz CT molecular complexity index is 328. The van der Waals surface area contributed by atoms with Crippen LogP contribution in [0.2, 0.25) is 0 Å². The molecule has 3 aliphatic rings. The van der Waals surface area contributed by atoms with Crippen molar-refractivity contribution in [3.8, 4) is 0 Å². The highest BCUT2D eigenvalue weighted by molar-refractivity contribution is 5.31. The average Bonchev–Trinajstić information content (AvgIpc) is 2.86. The molecule has 98 valence electrons. The lowest BCUT2D eigenvalue weighted by atomic mass is 9.61. The monoisotopic (exact) mass is 234 g/mol.